The lowest BCUT2D eigenvalue weighted by molar-refractivity contribution is -0.147. The van der Waals surface area contributed by atoms with E-state index in [9.17, 15) is 15.0 Å². The molecule has 0 saturated carbocycles. The average Bonchev–Trinajstić information content (AvgIpc) is 2.72. The summed E-state index contributed by atoms with van der Waals surface area (Å²) in [5, 5.41) is 20.0. The van der Waals surface area contributed by atoms with Crippen LogP contribution in [0.2, 0.25) is 5.02 Å². The molecule has 0 bridgehead atoms. The summed E-state index contributed by atoms with van der Waals surface area (Å²) in [5.74, 6) is -0.844. The molecule has 29 heavy (non-hydrogen) atoms. The van der Waals surface area contributed by atoms with E-state index >= 15 is 0 Å². The third-order valence-corrected chi connectivity index (χ3v) is 4.88. The summed E-state index contributed by atoms with van der Waals surface area (Å²) in [6.07, 6.45) is -1.73. The number of aryl methyl sites for hydroxylation is 1. The lowest BCUT2D eigenvalue weighted by atomic mass is 10.1. The molecule has 6 heteroatoms. The third-order valence-electron chi connectivity index (χ3n) is 4.51. The van der Waals surface area contributed by atoms with Crippen LogP contribution in [0.3, 0.4) is 0 Å². The van der Waals surface area contributed by atoms with E-state index in [2.05, 4.69) is 0 Å². The van der Waals surface area contributed by atoms with Gasteiger partial charge in [0.05, 0.1) is 0 Å². The van der Waals surface area contributed by atoms with Gasteiger partial charge in [0.25, 0.3) is 0 Å². The standard InChI is InChI=1S/C23H21ClO5/c1-15-7-2-3-8-16(15)13-29-22-18(21(25)23(26)27)10-6-12-20(22)28-14-17-9-4-5-11-19(17)24/h2-12,21,25H,13-14H2,1H3,(H,26,27). The maximum absolute atomic E-state index is 11.4. The molecule has 0 aliphatic heterocycles. The molecule has 1 atom stereocenters. The summed E-state index contributed by atoms with van der Waals surface area (Å²) in [6.45, 7) is 2.34. The van der Waals surface area contributed by atoms with Gasteiger partial charge >= 0.3 is 5.97 Å². The van der Waals surface area contributed by atoms with Gasteiger partial charge in [-0.1, -0.05) is 66.2 Å². The fourth-order valence-corrected chi connectivity index (χ4v) is 3.03. The maximum Gasteiger partial charge on any atom is 0.337 e. The van der Waals surface area contributed by atoms with Crippen molar-refractivity contribution in [2.45, 2.75) is 26.2 Å². The summed E-state index contributed by atoms with van der Waals surface area (Å²) in [4.78, 5) is 11.4. The minimum atomic E-state index is -1.73. The first-order valence-corrected chi connectivity index (χ1v) is 9.42. The van der Waals surface area contributed by atoms with Gasteiger partial charge in [0, 0.05) is 16.1 Å². The highest BCUT2D eigenvalue weighted by atomic mass is 35.5. The zero-order chi connectivity index (χ0) is 20.8. The van der Waals surface area contributed by atoms with E-state index in [1.165, 1.54) is 6.07 Å². The van der Waals surface area contributed by atoms with Crippen LogP contribution in [0.15, 0.2) is 66.7 Å². The fourth-order valence-electron chi connectivity index (χ4n) is 2.84. The Morgan fingerprint density at radius 2 is 1.59 bits per heavy atom. The number of para-hydroxylation sites is 1. The number of carbonyl (C=O) groups is 1. The monoisotopic (exact) mass is 412 g/mol. The van der Waals surface area contributed by atoms with Crippen LogP contribution in [-0.2, 0) is 18.0 Å². The number of hydrogen-bond donors (Lipinski definition) is 2. The van der Waals surface area contributed by atoms with Gasteiger partial charge in [-0.15, -0.1) is 0 Å². The van der Waals surface area contributed by atoms with Crippen molar-refractivity contribution in [1.82, 2.24) is 0 Å². The molecule has 2 N–H and O–H groups in total. The van der Waals surface area contributed by atoms with Gasteiger partial charge in [-0.2, -0.15) is 0 Å². The topological polar surface area (TPSA) is 76.0 Å². The Labute approximate surface area is 174 Å². The second-order valence-electron chi connectivity index (χ2n) is 6.51. The van der Waals surface area contributed by atoms with Crippen molar-refractivity contribution >= 4 is 17.6 Å². The molecule has 3 aromatic rings. The number of aliphatic hydroxyl groups excluding tert-OH is 1. The molecule has 3 aromatic carbocycles. The molecule has 0 aliphatic rings. The lowest BCUT2D eigenvalue weighted by Gasteiger charge is -2.19. The van der Waals surface area contributed by atoms with Crippen LogP contribution in [0.5, 0.6) is 11.5 Å². The molecule has 0 aliphatic carbocycles. The second-order valence-corrected chi connectivity index (χ2v) is 6.92. The van der Waals surface area contributed by atoms with E-state index in [1.54, 1.807) is 18.2 Å². The molecule has 0 spiro atoms. The molecule has 0 aromatic heterocycles. The zero-order valence-electron chi connectivity index (χ0n) is 15.8. The van der Waals surface area contributed by atoms with E-state index in [0.29, 0.717) is 10.8 Å². The Morgan fingerprint density at radius 3 is 2.28 bits per heavy atom. The first-order chi connectivity index (χ1) is 14.0. The summed E-state index contributed by atoms with van der Waals surface area (Å²) < 4.78 is 11.8. The van der Waals surface area contributed by atoms with Crippen molar-refractivity contribution in [2.24, 2.45) is 0 Å². The van der Waals surface area contributed by atoms with Crippen molar-refractivity contribution < 1.29 is 24.5 Å². The van der Waals surface area contributed by atoms with E-state index in [1.807, 2.05) is 49.4 Å². The molecule has 150 valence electrons. The largest absolute Gasteiger partial charge is 0.485 e. The maximum atomic E-state index is 11.4. The number of halogens is 1. The Bertz CT molecular complexity index is 1000. The molecule has 3 rings (SSSR count). The van der Waals surface area contributed by atoms with E-state index in [-0.39, 0.29) is 24.5 Å². The summed E-state index contributed by atoms with van der Waals surface area (Å²) in [5.41, 5.74) is 2.90. The van der Waals surface area contributed by atoms with Crippen molar-refractivity contribution in [3.63, 3.8) is 0 Å². The smallest absolute Gasteiger partial charge is 0.337 e. The van der Waals surface area contributed by atoms with Crippen LogP contribution in [0.1, 0.15) is 28.4 Å². The highest BCUT2D eigenvalue weighted by Gasteiger charge is 2.23. The van der Waals surface area contributed by atoms with Crippen molar-refractivity contribution in [3.05, 3.63) is 94.0 Å². The number of rotatable bonds is 8. The Morgan fingerprint density at radius 1 is 0.931 bits per heavy atom. The van der Waals surface area contributed by atoms with Crippen LogP contribution in [0.25, 0.3) is 0 Å². The Kier molecular flexibility index (Phi) is 6.75. The molecule has 0 radical (unpaired) electrons. The van der Waals surface area contributed by atoms with Crippen LogP contribution >= 0.6 is 11.6 Å². The average molecular weight is 413 g/mol. The minimum absolute atomic E-state index is 0.128. The van der Waals surface area contributed by atoms with Crippen molar-refractivity contribution in [2.75, 3.05) is 0 Å². The number of carboxylic acid groups (broad SMARTS) is 1. The fraction of sp³-hybridized carbons (Fsp3) is 0.174. The van der Waals surface area contributed by atoms with Crippen molar-refractivity contribution in [3.8, 4) is 11.5 Å². The highest BCUT2D eigenvalue weighted by Crippen LogP contribution is 2.36. The molecule has 5 nitrogen and oxygen atoms in total. The van der Waals surface area contributed by atoms with Gasteiger partial charge < -0.3 is 19.7 Å². The number of aliphatic hydroxyl groups is 1. The van der Waals surface area contributed by atoms with E-state index in [0.717, 1.165) is 16.7 Å². The summed E-state index contributed by atoms with van der Waals surface area (Å²) in [6, 6.07) is 19.8. The third kappa shape index (κ3) is 5.08. The first-order valence-electron chi connectivity index (χ1n) is 9.04. The van der Waals surface area contributed by atoms with E-state index in [4.69, 9.17) is 21.1 Å². The molecule has 0 amide bonds. The normalized spacial score (nSPS) is 11.7. The van der Waals surface area contributed by atoms with Gasteiger partial charge in [-0.3, -0.25) is 0 Å². The van der Waals surface area contributed by atoms with Gasteiger partial charge in [-0.25, -0.2) is 4.79 Å². The van der Waals surface area contributed by atoms with E-state index < -0.39 is 12.1 Å². The van der Waals surface area contributed by atoms with Crippen LogP contribution in [0.4, 0.5) is 0 Å². The zero-order valence-corrected chi connectivity index (χ0v) is 16.6. The quantitative estimate of drug-likeness (QED) is 0.549. The van der Waals surface area contributed by atoms with Gasteiger partial charge in [-0.05, 0) is 30.2 Å². The number of benzene rings is 3. The number of hydrogen-bond acceptors (Lipinski definition) is 4. The Hall–Kier alpha value is -3.02. The summed E-state index contributed by atoms with van der Waals surface area (Å²) >= 11 is 6.18. The van der Waals surface area contributed by atoms with Gasteiger partial charge in [0.15, 0.2) is 17.6 Å². The first kappa shape index (κ1) is 20.7. The van der Waals surface area contributed by atoms with Gasteiger partial charge in [0.2, 0.25) is 0 Å². The molecule has 0 saturated heterocycles. The predicted octanol–water partition coefficient (Wildman–Crippen LogP) is 4.92. The molecular formula is C23H21ClO5. The second kappa shape index (κ2) is 9.45. The molecule has 0 heterocycles. The van der Waals surface area contributed by atoms with Crippen LogP contribution in [-0.4, -0.2) is 16.2 Å². The summed E-state index contributed by atoms with van der Waals surface area (Å²) in [7, 11) is 0. The number of carboxylic acids is 1. The molecule has 1 unspecified atom stereocenters. The lowest BCUT2D eigenvalue weighted by Crippen LogP contribution is -2.13. The van der Waals surface area contributed by atoms with Crippen molar-refractivity contribution in [1.29, 1.82) is 0 Å². The van der Waals surface area contributed by atoms with Crippen LogP contribution in [0, 0.1) is 6.92 Å². The predicted molar refractivity (Wildman–Crippen MR) is 110 cm³/mol. The number of aliphatic carboxylic acids is 1. The number of ether oxygens (including phenoxy) is 2. The Balaban J connectivity index is 1.90. The highest BCUT2D eigenvalue weighted by molar-refractivity contribution is 6.31. The van der Waals surface area contributed by atoms with Crippen LogP contribution < -0.4 is 9.47 Å². The van der Waals surface area contributed by atoms with Gasteiger partial charge in [0.1, 0.15) is 13.2 Å². The molecular weight excluding hydrogens is 392 g/mol. The minimum Gasteiger partial charge on any atom is -0.485 e. The SMILES string of the molecule is Cc1ccccc1COc1c(OCc2ccccc2Cl)cccc1C(O)C(=O)O. The molecule has 0 fully saturated rings.